The number of aromatic amines is 1. The number of aromatic nitrogens is 4. The van der Waals surface area contributed by atoms with E-state index in [4.69, 9.17) is 0 Å². The van der Waals surface area contributed by atoms with Crippen molar-refractivity contribution in [3.63, 3.8) is 0 Å². The van der Waals surface area contributed by atoms with E-state index in [-0.39, 0.29) is 5.91 Å². The highest BCUT2D eigenvalue weighted by atomic mass is 16.1. The van der Waals surface area contributed by atoms with Crippen molar-refractivity contribution in [3.8, 4) is 11.3 Å². The molecule has 0 atom stereocenters. The minimum Gasteiger partial charge on any atom is -0.351 e. The number of nitrogens with one attached hydrogen (secondary N) is 2. The molecule has 0 radical (unpaired) electrons. The molecule has 0 bridgehead atoms. The Morgan fingerprint density at radius 3 is 2.86 bits per heavy atom. The van der Waals surface area contributed by atoms with Gasteiger partial charge in [-0.3, -0.25) is 14.6 Å². The maximum Gasteiger partial charge on any atom is 0.269 e. The molecule has 22 heavy (non-hydrogen) atoms. The van der Waals surface area contributed by atoms with Gasteiger partial charge in [-0.25, -0.2) is 0 Å². The first-order valence-electron chi connectivity index (χ1n) is 7.19. The summed E-state index contributed by atoms with van der Waals surface area (Å²) < 4.78 is 1.84. The first-order chi connectivity index (χ1) is 10.8. The van der Waals surface area contributed by atoms with Crippen LogP contribution in [0.25, 0.3) is 11.3 Å². The van der Waals surface area contributed by atoms with Crippen LogP contribution in [0.4, 0.5) is 0 Å². The van der Waals surface area contributed by atoms with Crippen molar-refractivity contribution in [1.82, 2.24) is 25.3 Å². The smallest absolute Gasteiger partial charge is 0.269 e. The van der Waals surface area contributed by atoms with E-state index >= 15 is 0 Å². The summed E-state index contributed by atoms with van der Waals surface area (Å²) in [5.74, 6) is -0.143. The summed E-state index contributed by atoms with van der Waals surface area (Å²) in [6, 6.07) is 13.4. The molecule has 0 fully saturated rings. The van der Waals surface area contributed by atoms with Crippen LogP contribution in [-0.2, 0) is 6.54 Å². The van der Waals surface area contributed by atoms with Crippen LogP contribution in [0.5, 0.6) is 0 Å². The highest BCUT2D eigenvalue weighted by molar-refractivity contribution is 5.93. The van der Waals surface area contributed by atoms with Gasteiger partial charge in [-0.15, -0.1) is 0 Å². The molecule has 0 aliphatic rings. The lowest BCUT2D eigenvalue weighted by atomic mass is 10.1. The van der Waals surface area contributed by atoms with Crippen LogP contribution in [0.2, 0.25) is 0 Å². The molecule has 0 spiro atoms. The number of hydrogen-bond donors (Lipinski definition) is 2. The average Bonchev–Trinajstić information content (AvgIpc) is 3.24. The molecule has 2 heterocycles. The molecule has 0 saturated heterocycles. The van der Waals surface area contributed by atoms with Crippen LogP contribution >= 0.6 is 0 Å². The Labute approximate surface area is 128 Å². The Balaban J connectivity index is 1.51. The summed E-state index contributed by atoms with van der Waals surface area (Å²) in [6.07, 6.45) is 4.48. The first-order valence-corrected chi connectivity index (χ1v) is 7.19. The average molecular weight is 295 g/mol. The van der Waals surface area contributed by atoms with Gasteiger partial charge in [0, 0.05) is 31.0 Å². The Morgan fingerprint density at radius 1 is 1.23 bits per heavy atom. The van der Waals surface area contributed by atoms with Gasteiger partial charge in [0.2, 0.25) is 0 Å². The molecular weight excluding hydrogens is 278 g/mol. The highest BCUT2D eigenvalue weighted by Gasteiger charge is 2.10. The maximum atomic E-state index is 12.0. The van der Waals surface area contributed by atoms with Crippen molar-refractivity contribution in [1.29, 1.82) is 0 Å². The minimum absolute atomic E-state index is 0.143. The highest BCUT2D eigenvalue weighted by Crippen LogP contribution is 2.16. The number of carbonyl (C=O) groups is 1. The molecule has 0 aliphatic carbocycles. The van der Waals surface area contributed by atoms with E-state index in [1.807, 2.05) is 47.3 Å². The largest absolute Gasteiger partial charge is 0.351 e. The molecular formula is C16H17N5O. The van der Waals surface area contributed by atoms with E-state index in [1.165, 1.54) is 0 Å². The van der Waals surface area contributed by atoms with Crippen LogP contribution in [0.1, 0.15) is 16.9 Å². The molecule has 6 heteroatoms. The van der Waals surface area contributed by atoms with Gasteiger partial charge >= 0.3 is 0 Å². The number of amides is 1. The Bertz CT molecular complexity index is 718. The van der Waals surface area contributed by atoms with Gasteiger partial charge in [0.05, 0.1) is 5.69 Å². The van der Waals surface area contributed by atoms with Crippen LogP contribution in [0.3, 0.4) is 0 Å². The third-order valence-corrected chi connectivity index (χ3v) is 3.30. The van der Waals surface area contributed by atoms with Crippen molar-refractivity contribution in [2.75, 3.05) is 6.54 Å². The summed E-state index contributed by atoms with van der Waals surface area (Å²) in [4.78, 5) is 12.0. The molecule has 3 rings (SSSR count). The second-order valence-electron chi connectivity index (χ2n) is 4.91. The van der Waals surface area contributed by atoms with Gasteiger partial charge in [0.25, 0.3) is 5.91 Å². The van der Waals surface area contributed by atoms with Crippen LogP contribution in [0, 0.1) is 0 Å². The lowest BCUT2D eigenvalue weighted by Gasteiger charge is -2.03. The third-order valence-electron chi connectivity index (χ3n) is 3.30. The molecule has 0 unspecified atom stereocenters. The fraction of sp³-hybridized carbons (Fsp3) is 0.188. The number of H-pyrrole nitrogens is 1. The summed E-state index contributed by atoms with van der Waals surface area (Å²) >= 11 is 0. The minimum atomic E-state index is -0.143. The van der Waals surface area contributed by atoms with E-state index < -0.39 is 0 Å². The number of carbonyl (C=O) groups excluding carboxylic acids is 1. The van der Waals surface area contributed by atoms with Gasteiger partial charge in [0.1, 0.15) is 5.69 Å². The fourth-order valence-corrected chi connectivity index (χ4v) is 2.17. The quantitative estimate of drug-likeness (QED) is 0.684. The fourth-order valence-electron chi connectivity index (χ4n) is 2.17. The zero-order valence-electron chi connectivity index (χ0n) is 12.1. The number of nitrogens with zero attached hydrogens (tertiary/aromatic N) is 3. The Kier molecular flexibility index (Phi) is 4.29. The van der Waals surface area contributed by atoms with Crippen LogP contribution in [-0.4, -0.2) is 32.4 Å². The molecule has 0 saturated carbocycles. The first kappa shape index (κ1) is 14.1. The summed E-state index contributed by atoms with van der Waals surface area (Å²) in [6.45, 7) is 1.38. The maximum absolute atomic E-state index is 12.0. The second kappa shape index (κ2) is 6.71. The van der Waals surface area contributed by atoms with Crippen molar-refractivity contribution in [2.24, 2.45) is 0 Å². The number of benzene rings is 1. The lowest BCUT2D eigenvalue weighted by Crippen LogP contribution is -2.25. The predicted octanol–water partition coefficient (Wildman–Crippen LogP) is 2.09. The van der Waals surface area contributed by atoms with Crippen LogP contribution < -0.4 is 5.32 Å². The summed E-state index contributed by atoms with van der Waals surface area (Å²) in [7, 11) is 0. The standard InChI is InChI=1S/C16H17N5O/c22-16(17-8-4-10-21-11-5-9-18-21)15-12-14(19-20-15)13-6-2-1-3-7-13/h1-3,5-7,9,11-12H,4,8,10H2,(H,17,22)(H,19,20). The van der Waals surface area contributed by atoms with Crippen LogP contribution in [0.15, 0.2) is 54.9 Å². The van der Waals surface area contributed by atoms with Crippen molar-refractivity contribution in [3.05, 3.63) is 60.6 Å². The predicted molar refractivity (Wildman–Crippen MR) is 83.2 cm³/mol. The van der Waals surface area contributed by atoms with E-state index in [2.05, 4.69) is 20.6 Å². The molecule has 0 aliphatic heterocycles. The molecule has 2 N–H and O–H groups in total. The molecule has 6 nitrogen and oxygen atoms in total. The second-order valence-corrected chi connectivity index (χ2v) is 4.91. The zero-order chi connectivity index (χ0) is 15.2. The van der Waals surface area contributed by atoms with Gasteiger partial charge in [-0.2, -0.15) is 10.2 Å². The Hall–Kier alpha value is -2.89. The number of rotatable bonds is 6. The molecule has 1 amide bonds. The molecule has 3 aromatic rings. The SMILES string of the molecule is O=C(NCCCn1cccn1)c1cc(-c2ccccc2)n[nH]1. The Morgan fingerprint density at radius 2 is 2.09 bits per heavy atom. The van der Waals surface area contributed by atoms with Gasteiger partial charge in [-0.1, -0.05) is 30.3 Å². The van der Waals surface area contributed by atoms with Gasteiger partial charge in [0.15, 0.2) is 0 Å². The molecule has 2 aromatic heterocycles. The monoisotopic (exact) mass is 295 g/mol. The van der Waals surface area contributed by atoms with Crippen molar-refractivity contribution in [2.45, 2.75) is 13.0 Å². The van der Waals surface area contributed by atoms with E-state index in [1.54, 1.807) is 12.3 Å². The lowest BCUT2D eigenvalue weighted by molar-refractivity contribution is 0.0947. The molecule has 112 valence electrons. The van der Waals surface area contributed by atoms with Gasteiger partial charge < -0.3 is 5.32 Å². The van der Waals surface area contributed by atoms with E-state index in [0.29, 0.717) is 12.2 Å². The van der Waals surface area contributed by atoms with E-state index in [0.717, 1.165) is 24.2 Å². The number of aryl methyl sites for hydroxylation is 1. The van der Waals surface area contributed by atoms with Crippen molar-refractivity contribution < 1.29 is 4.79 Å². The number of hydrogen-bond acceptors (Lipinski definition) is 3. The summed E-state index contributed by atoms with van der Waals surface area (Å²) in [5.41, 5.74) is 2.22. The topological polar surface area (TPSA) is 75.6 Å². The normalized spacial score (nSPS) is 10.5. The summed E-state index contributed by atoms with van der Waals surface area (Å²) in [5, 5.41) is 13.9. The third kappa shape index (κ3) is 3.41. The zero-order valence-corrected chi connectivity index (χ0v) is 12.1. The molecule has 1 aromatic carbocycles. The van der Waals surface area contributed by atoms with Gasteiger partial charge in [-0.05, 0) is 18.6 Å². The van der Waals surface area contributed by atoms with E-state index in [9.17, 15) is 4.79 Å². The van der Waals surface area contributed by atoms with Crippen molar-refractivity contribution >= 4 is 5.91 Å².